The number of rotatable bonds is 1. The molecule has 0 spiro atoms. The van der Waals surface area contributed by atoms with Crippen molar-refractivity contribution in [3.63, 3.8) is 0 Å². The van der Waals surface area contributed by atoms with Crippen molar-refractivity contribution in [2.45, 2.75) is 6.42 Å². The molecule has 2 rings (SSSR count). The number of carbonyl (C=O) groups is 1. The monoisotopic (exact) mass is 300 g/mol. The first kappa shape index (κ1) is 11.5. The fraction of sp³-hybridized carbons (Fsp3) is 0.182. The van der Waals surface area contributed by atoms with Crippen LogP contribution < -0.4 is 10.2 Å². The van der Waals surface area contributed by atoms with E-state index in [0.717, 1.165) is 16.6 Å². The van der Waals surface area contributed by atoms with Gasteiger partial charge in [-0.2, -0.15) is 0 Å². The number of hydrogen-bond acceptors (Lipinski definition) is 1. The maximum absolute atomic E-state index is 11.7. The second kappa shape index (κ2) is 4.47. The first-order chi connectivity index (χ1) is 7.58. The molecule has 1 aliphatic rings. The van der Waals surface area contributed by atoms with Crippen molar-refractivity contribution in [3.8, 4) is 0 Å². The molecule has 16 heavy (non-hydrogen) atoms. The molecule has 2 amide bonds. The number of nitrogens with zero attached hydrogens (tertiary/aromatic N) is 1. The first-order valence-electron chi connectivity index (χ1n) is 4.79. The molecule has 84 valence electrons. The van der Waals surface area contributed by atoms with Gasteiger partial charge in [0.2, 0.25) is 0 Å². The Bertz CT molecular complexity index is 461. The number of carbonyl (C=O) groups excluding carboxylic acids is 1. The normalized spacial score (nSPS) is 16.2. The van der Waals surface area contributed by atoms with E-state index in [1.165, 1.54) is 0 Å². The Kier molecular flexibility index (Phi) is 3.21. The molecule has 0 bridgehead atoms. The average Bonchev–Trinajstić information content (AvgIpc) is 2.22. The van der Waals surface area contributed by atoms with Gasteiger partial charge in [-0.25, -0.2) is 4.79 Å². The third-order valence-corrected chi connectivity index (χ3v) is 3.18. The maximum Gasteiger partial charge on any atom is 0.326 e. The molecule has 1 aromatic carbocycles. The van der Waals surface area contributed by atoms with Crippen molar-refractivity contribution < 1.29 is 4.79 Å². The summed E-state index contributed by atoms with van der Waals surface area (Å²) in [5.41, 5.74) is 1.45. The zero-order valence-corrected chi connectivity index (χ0v) is 10.8. The molecule has 1 fully saturated rings. The maximum atomic E-state index is 11.7. The number of nitrogens with one attached hydrogen (secondary N) is 1. The highest BCUT2D eigenvalue weighted by Crippen LogP contribution is 2.30. The van der Waals surface area contributed by atoms with Crippen molar-refractivity contribution in [2.75, 3.05) is 11.4 Å². The average molecular weight is 302 g/mol. The quantitative estimate of drug-likeness (QED) is 0.845. The summed E-state index contributed by atoms with van der Waals surface area (Å²) < 4.78 is 0.893. The minimum absolute atomic E-state index is 0.184. The van der Waals surface area contributed by atoms with Crippen LogP contribution in [0.15, 0.2) is 34.9 Å². The summed E-state index contributed by atoms with van der Waals surface area (Å²) in [6.45, 7) is 4.33. The van der Waals surface area contributed by atoms with E-state index in [4.69, 9.17) is 11.6 Å². The Morgan fingerprint density at radius 3 is 2.94 bits per heavy atom. The van der Waals surface area contributed by atoms with Crippen LogP contribution in [0.4, 0.5) is 10.5 Å². The smallest absolute Gasteiger partial charge is 0.312 e. The lowest BCUT2D eigenvalue weighted by Gasteiger charge is -2.29. The van der Waals surface area contributed by atoms with Crippen LogP contribution in [0.25, 0.3) is 0 Å². The molecule has 0 saturated carbocycles. The SMILES string of the molecule is C=C1CCN(c2cc(Br)ccc2Cl)C(=O)N1. The summed E-state index contributed by atoms with van der Waals surface area (Å²) in [7, 11) is 0. The Morgan fingerprint density at radius 2 is 2.25 bits per heavy atom. The van der Waals surface area contributed by atoms with Crippen LogP contribution in [0.1, 0.15) is 6.42 Å². The molecule has 1 saturated heterocycles. The van der Waals surface area contributed by atoms with Crippen LogP contribution in [0.2, 0.25) is 5.02 Å². The number of halogens is 2. The molecular formula is C11H10BrClN2O. The predicted octanol–water partition coefficient (Wildman–Crippen LogP) is 3.54. The van der Waals surface area contributed by atoms with Crippen molar-refractivity contribution in [1.82, 2.24) is 5.32 Å². The number of amides is 2. The molecule has 5 heteroatoms. The van der Waals surface area contributed by atoms with E-state index in [0.29, 0.717) is 17.3 Å². The molecule has 1 aliphatic heterocycles. The lowest BCUT2D eigenvalue weighted by Crippen LogP contribution is -2.45. The van der Waals surface area contributed by atoms with Crippen LogP contribution in [0.3, 0.4) is 0 Å². The van der Waals surface area contributed by atoms with E-state index in [2.05, 4.69) is 27.8 Å². The fourth-order valence-electron chi connectivity index (χ4n) is 1.55. The van der Waals surface area contributed by atoms with E-state index in [9.17, 15) is 4.79 Å². The van der Waals surface area contributed by atoms with Gasteiger partial charge in [0.15, 0.2) is 0 Å². The standard InChI is InChI=1S/C11H10BrClN2O/c1-7-4-5-15(11(16)14-7)10-6-8(12)2-3-9(10)13/h2-3,6H,1,4-5H2,(H,14,16). The third kappa shape index (κ3) is 2.23. The highest BCUT2D eigenvalue weighted by Gasteiger charge is 2.23. The van der Waals surface area contributed by atoms with Crippen molar-refractivity contribution in [3.05, 3.63) is 40.0 Å². The van der Waals surface area contributed by atoms with Crippen molar-refractivity contribution >= 4 is 39.2 Å². The van der Waals surface area contributed by atoms with Gasteiger partial charge in [0.05, 0.1) is 10.7 Å². The van der Waals surface area contributed by atoms with Crippen LogP contribution >= 0.6 is 27.5 Å². The van der Waals surface area contributed by atoms with Gasteiger partial charge >= 0.3 is 6.03 Å². The zero-order chi connectivity index (χ0) is 11.7. The molecule has 3 nitrogen and oxygen atoms in total. The minimum atomic E-state index is -0.184. The van der Waals surface area contributed by atoms with E-state index >= 15 is 0 Å². The van der Waals surface area contributed by atoms with E-state index in [-0.39, 0.29) is 6.03 Å². The van der Waals surface area contributed by atoms with Gasteiger partial charge in [0.25, 0.3) is 0 Å². The molecule has 0 radical (unpaired) electrons. The Labute approximate surface area is 107 Å². The number of benzene rings is 1. The second-order valence-electron chi connectivity index (χ2n) is 3.53. The Morgan fingerprint density at radius 1 is 1.50 bits per heavy atom. The first-order valence-corrected chi connectivity index (χ1v) is 5.96. The largest absolute Gasteiger partial charge is 0.326 e. The molecular weight excluding hydrogens is 291 g/mol. The van der Waals surface area contributed by atoms with Gasteiger partial charge in [0, 0.05) is 23.1 Å². The molecule has 0 aliphatic carbocycles. The summed E-state index contributed by atoms with van der Waals surface area (Å²) in [5.74, 6) is 0. The van der Waals surface area contributed by atoms with Gasteiger partial charge < -0.3 is 5.32 Å². The summed E-state index contributed by atoms with van der Waals surface area (Å²) in [4.78, 5) is 13.4. The summed E-state index contributed by atoms with van der Waals surface area (Å²) in [5, 5.41) is 3.25. The van der Waals surface area contributed by atoms with Gasteiger partial charge in [-0.15, -0.1) is 0 Å². The number of anilines is 1. The van der Waals surface area contributed by atoms with Crippen molar-refractivity contribution in [1.29, 1.82) is 0 Å². The fourth-order valence-corrected chi connectivity index (χ4v) is 2.12. The molecule has 0 aromatic heterocycles. The van der Waals surface area contributed by atoms with Crippen LogP contribution in [0.5, 0.6) is 0 Å². The molecule has 1 aromatic rings. The van der Waals surface area contributed by atoms with Gasteiger partial charge in [-0.3, -0.25) is 4.90 Å². The molecule has 0 atom stereocenters. The number of hydrogen-bond donors (Lipinski definition) is 1. The molecule has 1 N–H and O–H groups in total. The summed E-state index contributed by atoms with van der Waals surface area (Å²) >= 11 is 9.43. The topological polar surface area (TPSA) is 32.3 Å². The highest BCUT2D eigenvalue weighted by molar-refractivity contribution is 9.10. The van der Waals surface area contributed by atoms with Crippen LogP contribution in [0, 0.1) is 0 Å². The number of urea groups is 1. The van der Waals surface area contributed by atoms with E-state index in [1.54, 1.807) is 11.0 Å². The molecule has 1 heterocycles. The van der Waals surface area contributed by atoms with Crippen LogP contribution in [-0.4, -0.2) is 12.6 Å². The molecule has 0 unspecified atom stereocenters. The van der Waals surface area contributed by atoms with Crippen molar-refractivity contribution in [2.24, 2.45) is 0 Å². The van der Waals surface area contributed by atoms with Gasteiger partial charge in [-0.05, 0) is 18.2 Å². The lowest BCUT2D eigenvalue weighted by molar-refractivity contribution is 0.246. The highest BCUT2D eigenvalue weighted by atomic mass is 79.9. The summed E-state index contributed by atoms with van der Waals surface area (Å²) in [6.07, 6.45) is 0.731. The Hall–Kier alpha value is -1.00. The van der Waals surface area contributed by atoms with Crippen LogP contribution in [-0.2, 0) is 0 Å². The van der Waals surface area contributed by atoms with E-state index < -0.39 is 0 Å². The van der Waals surface area contributed by atoms with Gasteiger partial charge in [0.1, 0.15) is 0 Å². The lowest BCUT2D eigenvalue weighted by atomic mass is 10.2. The Balaban J connectivity index is 2.33. The second-order valence-corrected chi connectivity index (χ2v) is 4.85. The minimum Gasteiger partial charge on any atom is -0.312 e. The van der Waals surface area contributed by atoms with Gasteiger partial charge in [-0.1, -0.05) is 34.1 Å². The predicted molar refractivity (Wildman–Crippen MR) is 68.8 cm³/mol. The third-order valence-electron chi connectivity index (χ3n) is 2.37. The van der Waals surface area contributed by atoms with E-state index in [1.807, 2.05) is 12.1 Å². The zero-order valence-electron chi connectivity index (χ0n) is 8.46. The summed E-state index contributed by atoms with van der Waals surface area (Å²) in [6, 6.07) is 5.25.